The average molecular weight is 735 g/mol. The quantitative estimate of drug-likeness (QED) is 0.142. The predicted octanol–water partition coefficient (Wildman–Crippen LogP) is 9.33. The van der Waals surface area contributed by atoms with Crippen molar-refractivity contribution in [2.45, 2.75) is 0 Å². The molecule has 3 N–H and O–H groups in total. The fourth-order valence-electron chi connectivity index (χ4n) is 5.60. The minimum absolute atomic E-state index is 0.0198. The fourth-order valence-corrected chi connectivity index (χ4v) is 5.60. The van der Waals surface area contributed by atoms with Crippen LogP contribution in [0.4, 0.5) is 0 Å². The van der Waals surface area contributed by atoms with Gasteiger partial charge in [-0.05, 0) is 48.5 Å². The number of hydrogen-bond acceptors (Lipinski definition) is 9. The molecule has 2 heterocycles. The van der Waals surface area contributed by atoms with E-state index >= 15 is 0 Å². The summed E-state index contributed by atoms with van der Waals surface area (Å²) in [6.07, 6.45) is 0. The lowest BCUT2D eigenvalue weighted by molar-refractivity contribution is 0.103. The number of para-hydroxylation sites is 4. The Labute approximate surface area is 322 Å². The summed E-state index contributed by atoms with van der Waals surface area (Å²) in [6.45, 7) is 0. The normalized spacial score (nSPS) is 10.4. The second kappa shape index (κ2) is 17.2. The molecule has 0 bridgehead atoms. The highest BCUT2D eigenvalue weighted by Gasteiger charge is 2.14. The second-order valence-electron chi connectivity index (χ2n) is 12.2. The van der Waals surface area contributed by atoms with Gasteiger partial charge in [-0.3, -0.25) is 4.79 Å². The van der Waals surface area contributed by atoms with Crippen molar-refractivity contribution in [3.05, 3.63) is 199 Å². The van der Waals surface area contributed by atoms with Crippen molar-refractivity contribution in [2.24, 2.45) is 0 Å². The molecule has 7 aromatic carbocycles. The van der Waals surface area contributed by atoms with Gasteiger partial charge in [-0.25, -0.2) is 15.0 Å². The highest BCUT2D eigenvalue weighted by molar-refractivity contribution is 6.10. The van der Waals surface area contributed by atoms with Gasteiger partial charge in [-0.1, -0.05) is 140 Å². The number of rotatable bonds is 6. The van der Waals surface area contributed by atoms with Crippen molar-refractivity contribution in [3.63, 3.8) is 0 Å². The van der Waals surface area contributed by atoms with Crippen LogP contribution in [0.15, 0.2) is 188 Å². The molecule has 0 saturated heterocycles. The topological polar surface area (TPSA) is 147 Å². The third-order valence-corrected chi connectivity index (χ3v) is 8.41. The van der Waals surface area contributed by atoms with Crippen molar-refractivity contribution in [1.82, 2.24) is 29.9 Å². The molecule has 0 aliphatic rings. The number of ketones is 1. The molecule has 0 unspecified atom stereocenters. The van der Waals surface area contributed by atoms with Crippen LogP contribution in [0, 0.1) is 0 Å². The molecule has 272 valence electrons. The van der Waals surface area contributed by atoms with Gasteiger partial charge in [0.1, 0.15) is 34.0 Å². The minimum atomic E-state index is -0.159. The van der Waals surface area contributed by atoms with Gasteiger partial charge in [0, 0.05) is 16.7 Å². The van der Waals surface area contributed by atoms with Crippen molar-refractivity contribution in [1.29, 1.82) is 0 Å². The van der Waals surface area contributed by atoms with Gasteiger partial charge in [-0.2, -0.15) is 0 Å². The average Bonchev–Trinajstić information content (AvgIpc) is 3.70. The summed E-state index contributed by atoms with van der Waals surface area (Å²) in [5.74, 6) is 1.78. The Hall–Kier alpha value is -7.98. The maximum absolute atomic E-state index is 11.9. The van der Waals surface area contributed by atoms with Crippen molar-refractivity contribution in [2.75, 3.05) is 0 Å². The molecule has 10 heteroatoms. The summed E-state index contributed by atoms with van der Waals surface area (Å²) in [6, 6.07) is 56.6. The Morgan fingerprint density at radius 1 is 0.411 bits per heavy atom. The van der Waals surface area contributed by atoms with E-state index in [0.29, 0.717) is 39.9 Å². The van der Waals surface area contributed by atoms with Crippen LogP contribution in [0.2, 0.25) is 0 Å². The third-order valence-electron chi connectivity index (χ3n) is 8.41. The van der Waals surface area contributed by atoms with E-state index in [0.717, 1.165) is 22.2 Å². The van der Waals surface area contributed by atoms with Gasteiger partial charge in [0.25, 0.3) is 0 Å². The lowest BCUT2D eigenvalue weighted by Crippen LogP contribution is -2.00. The Morgan fingerprint density at radius 2 is 0.839 bits per heavy atom. The third kappa shape index (κ3) is 8.62. The van der Waals surface area contributed by atoms with Gasteiger partial charge in [-0.15, -0.1) is 15.0 Å². The molecule has 0 saturated carbocycles. The molecule has 56 heavy (non-hydrogen) atoms. The summed E-state index contributed by atoms with van der Waals surface area (Å²) < 4.78 is 0. The molecule has 0 fully saturated rings. The van der Waals surface area contributed by atoms with Crippen molar-refractivity contribution >= 4 is 16.8 Å². The van der Waals surface area contributed by atoms with Gasteiger partial charge >= 0.3 is 0 Å². The lowest BCUT2D eigenvalue weighted by atomic mass is 10.0. The van der Waals surface area contributed by atoms with E-state index in [1.165, 1.54) is 10.9 Å². The summed E-state index contributed by atoms with van der Waals surface area (Å²) in [4.78, 5) is 27.1. The van der Waals surface area contributed by atoms with E-state index in [1.807, 2.05) is 103 Å². The number of phenolic OH excluding ortho intramolecular Hbond substituents is 3. The number of carbonyl (C=O) groups is 1. The van der Waals surface area contributed by atoms with Gasteiger partial charge in [0.15, 0.2) is 23.3 Å². The second-order valence-corrected chi connectivity index (χ2v) is 12.2. The Morgan fingerprint density at radius 3 is 1.38 bits per heavy atom. The van der Waals surface area contributed by atoms with Crippen LogP contribution in [0.25, 0.3) is 50.9 Å². The lowest BCUT2D eigenvalue weighted by Gasteiger charge is -2.09. The largest absolute Gasteiger partial charge is 0.507 e. The van der Waals surface area contributed by atoms with E-state index in [2.05, 4.69) is 25.1 Å². The summed E-state index contributed by atoms with van der Waals surface area (Å²) >= 11 is 0. The molecule has 2 aromatic heterocycles. The Balaban J connectivity index is 0.000000135. The molecule has 0 aliphatic heterocycles. The van der Waals surface area contributed by atoms with Crippen molar-refractivity contribution in [3.8, 4) is 57.1 Å². The molecule has 10 nitrogen and oxygen atoms in total. The van der Waals surface area contributed by atoms with Crippen molar-refractivity contribution < 1.29 is 20.1 Å². The zero-order valence-electron chi connectivity index (χ0n) is 29.8. The molecule has 0 atom stereocenters. The number of fused-ring (bicyclic) bond motifs is 1. The minimum Gasteiger partial charge on any atom is -0.507 e. The highest BCUT2D eigenvalue weighted by Crippen LogP contribution is 2.29. The summed E-state index contributed by atoms with van der Waals surface area (Å²) in [5, 5.41) is 38.0. The van der Waals surface area contributed by atoms with Crippen LogP contribution in [0.1, 0.15) is 15.9 Å². The molecule has 9 aromatic rings. The van der Waals surface area contributed by atoms with Crippen LogP contribution in [-0.4, -0.2) is 51.0 Å². The molecule has 0 amide bonds. The molecular formula is C46H34N6O4. The number of aromatic hydroxyl groups is 3. The van der Waals surface area contributed by atoms with E-state index in [4.69, 9.17) is 0 Å². The van der Waals surface area contributed by atoms with Gasteiger partial charge in [0.05, 0.1) is 11.1 Å². The van der Waals surface area contributed by atoms with E-state index < -0.39 is 0 Å². The maximum atomic E-state index is 11.9. The number of aromatic nitrogens is 6. The number of nitrogens with zero attached hydrogens (tertiary/aromatic N) is 6. The first-order valence-electron chi connectivity index (χ1n) is 17.6. The molecular weight excluding hydrogens is 701 g/mol. The zero-order chi connectivity index (χ0) is 38.7. The zero-order valence-corrected chi connectivity index (χ0v) is 29.8. The summed E-state index contributed by atoms with van der Waals surface area (Å²) in [7, 11) is 0. The van der Waals surface area contributed by atoms with Crippen LogP contribution in [0.5, 0.6) is 17.2 Å². The molecule has 0 spiro atoms. The number of phenols is 3. The van der Waals surface area contributed by atoms with E-state index in [-0.39, 0.29) is 23.0 Å². The first-order valence-corrected chi connectivity index (χ1v) is 17.6. The van der Waals surface area contributed by atoms with Crippen LogP contribution in [0.3, 0.4) is 0 Å². The van der Waals surface area contributed by atoms with Gasteiger partial charge < -0.3 is 15.3 Å². The molecule has 0 aliphatic carbocycles. The number of benzene rings is 7. The van der Waals surface area contributed by atoms with Crippen LogP contribution in [-0.2, 0) is 0 Å². The maximum Gasteiger partial charge on any atom is 0.196 e. The monoisotopic (exact) mass is 734 g/mol. The van der Waals surface area contributed by atoms with E-state index in [9.17, 15) is 20.1 Å². The standard InChI is InChI=1S/C21H15N3O.C13H10O2.C12H9N3O/c25-18-14-8-7-13-17(18)21-23-19(15-9-3-1-4-10-15)22-20(24-21)16-11-5-2-6-12-16;14-12-9-5-4-8-11(12)13(15)10-6-2-1-3-7-10;16-12-8-4-3-7-11(12)15-13-9-5-1-2-6-10(9)14-15/h1-14,25H;1-9,14H;1-8,16H. The summed E-state index contributed by atoms with van der Waals surface area (Å²) in [5.41, 5.74) is 5.51. The van der Waals surface area contributed by atoms with Crippen LogP contribution < -0.4 is 0 Å². The van der Waals surface area contributed by atoms with E-state index in [1.54, 1.807) is 78.9 Å². The highest BCUT2D eigenvalue weighted by atomic mass is 16.3. The first-order chi connectivity index (χ1) is 27.4. The first kappa shape index (κ1) is 36.4. The van der Waals surface area contributed by atoms with Gasteiger partial charge in [0.2, 0.25) is 0 Å². The predicted molar refractivity (Wildman–Crippen MR) is 216 cm³/mol. The smallest absolute Gasteiger partial charge is 0.196 e. The Kier molecular flexibility index (Phi) is 11.2. The molecule has 0 radical (unpaired) electrons. The number of carbonyl (C=O) groups excluding carboxylic acids is 1. The Bertz CT molecular complexity index is 2620. The SMILES string of the molecule is O=C(c1ccccc1)c1ccccc1O.Oc1ccccc1-c1nc(-c2ccccc2)nc(-c2ccccc2)n1.Oc1ccccc1-n1nc2ccccc2n1. The molecule has 9 rings (SSSR count). The number of hydrogen-bond donors (Lipinski definition) is 3. The fraction of sp³-hybridized carbons (Fsp3) is 0. The van der Waals surface area contributed by atoms with Crippen LogP contribution >= 0.6 is 0 Å².